The van der Waals surface area contributed by atoms with Crippen molar-refractivity contribution in [3.63, 3.8) is 0 Å². The molecule has 0 radical (unpaired) electrons. The number of amides is 2. The Morgan fingerprint density at radius 2 is 1.79 bits per heavy atom. The van der Waals surface area contributed by atoms with Crippen molar-refractivity contribution in [3.05, 3.63) is 34.3 Å². The third-order valence-corrected chi connectivity index (χ3v) is 9.33. The Hall–Kier alpha value is -1.98. The van der Waals surface area contributed by atoms with Crippen molar-refractivity contribution in [2.75, 3.05) is 7.11 Å². The van der Waals surface area contributed by atoms with E-state index in [1.165, 1.54) is 18.1 Å². The fourth-order valence-corrected chi connectivity index (χ4v) is 6.05. The van der Waals surface area contributed by atoms with Gasteiger partial charge >= 0.3 is 18.4 Å². The minimum absolute atomic E-state index is 0.0894. The highest BCUT2D eigenvalue weighted by molar-refractivity contribution is 6.77. The van der Waals surface area contributed by atoms with Crippen molar-refractivity contribution in [2.24, 2.45) is 0 Å². The topological polar surface area (TPSA) is 79.3 Å². The van der Waals surface area contributed by atoms with Gasteiger partial charge in [-0.3, -0.25) is 0 Å². The predicted octanol–water partition coefficient (Wildman–Crippen LogP) is 6.71. The van der Waals surface area contributed by atoms with Crippen LogP contribution in [0.5, 0.6) is 0 Å². The van der Waals surface area contributed by atoms with Crippen molar-refractivity contribution in [2.45, 2.75) is 109 Å². The van der Waals surface area contributed by atoms with Crippen LogP contribution in [0.15, 0.2) is 18.2 Å². The van der Waals surface area contributed by atoms with E-state index in [-0.39, 0.29) is 29.3 Å². The average Bonchev–Trinajstić information content (AvgIpc) is 2.79. The van der Waals surface area contributed by atoms with E-state index < -0.39 is 49.8 Å². The van der Waals surface area contributed by atoms with Gasteiger partial charge in [0.05, 0.1) is 26.9 Å². The van der Waals surface area contributed by atoms with Gasteiger partial charge in [-0.2, -0.15) is 13.2 Å². The second-order valence-corrected chi connectivity index (χ2v) is 17.1. The van der Waals surface area contributed by atoms with Gasteiger partial charge in [-0.05, 0) is 63.3 Å². The summed E-state index contributed by atoms with van der Waals surface area (Å²) >= 11 is 5.99. The molecule has 216 valence electrons. The second kappa shape index (κ2) is 12.9. The summed E-state index contributed by atoms with van der Waals surface area (Å²) in [4.78, 5) is 29.2. The molecular weight excluding hydrogens is 541 g/mol. The summed E-state index contributed by atoms with van der Waals surface area (Å²) in [5.74, 6) is 0. The number of likely N-dealkylation sites (tertiary alicyclic amines) is 1. The lowest BCUT2D eigenvalue weighted by Gasteiger charge is -2.48. The molecule has 0 aliphatic carbocycles. The Bertz CT molecular complexity index is 973. The fraction of sp³-hybridized carbons (Fsp3) is 0.692. The lowest BCUT2D eigenvalue weighted by Crippen LogP contribution is -2.59. The van der Waals surface area contributed by atoms with Crippen LogP contribution in [-0.4, -0.2) is 72.2 Å². The number of ether oxygens (including phenoxy) is 2. The molecule has 1 aromatic carbocycles. The molecule has 1 N–H and O–H groups in total. The molecule has 2 amide bonds. The Morgan fingerprint density at radius 3 is 2.29 bits per heavy atom. The number of carbonyl (C=O) groups is 2. The number of methoxy groups -OCH3 is 1. The molecule has 0 saturated carbocycles. The van der Waals surface area contributed by atoms with Crippen LogP contribution < -0.4 is 0 Å². The van der Waals surface area contributed by atoms with Crippen molar-refractivity contribution >= 4 is 31.9 Å². The number of hydrogen-bond donors (Lipinski definition) is 1. The number of alkyl halides is 3. The van der Waals surface area contributed by atoms with Gasteiger partial charge in [-0.1, -0.05) is 38.2 Å². The third kappa shape index (κ3) is 8.51. The maximum absolute atomic E-state index is 13.4. The number of hydrogen-bond acceptors (Lipinski definition) is 5. The van der Waals surface area contributed by atoms with Gasteiger partial charge in [0.2, 0.25) is 0 Å². The Labute approximate surface area is 229 Å². The van der Waals surface area contributed by atoms with Crippen molar-refractivity contribution in [1.82, 2.24) is 9.80 Å². The van der Waals surface area contributed by atoms with Gasteiger partial charge in [0.1, 0.15) is 0 Å². The zero-order valence-corrected chi connectivity index (χ0v) is 24.9. The minimum Gasteiger partial charge on any atom is -0.453 e. The molecule has 1 unspecified atom stereocenters. The molecule has 12 heteroatoms. The summed E-state index contributed by atoms with van der Waals surface area (Å²) in [6.45, 7) is 11.4. The van der Waals surface area contributed by atoms with E-state index in [1.807, 2.05) is 26.6 Å². The maximum atomic E-state index is 13.4. The van der Waals surface area contributed by atoms with Crippen LogP contribution in [0, 0.1) is 0 Å². The van der Waals surface area contributed by atoms with Crippen LogP contribution in [-0.2, 0) is 22.2 Å². The van der Waals surface area contributed by atoms with E-state index in [0.717, 1.165) is 12.1 Å². The van der Waals surface area contributed by atoms with Gasteiger partial charge in [-0.25, -0.2) is 9.59 Å². The number of halogens is 4. The highest BCUT2D eigenvalue weighted by Crippen LogP contribution is 2.36. The number of rotatable bonds is 8. The van der Waals surface area contributed by atoms with E-state index in [1.54, 1.807) is 18.7 Å². The molecular formula is C26H40ClF3N2O5Si. The highest BCUT2D eigenvalue weighted by atomic mass is 35.5. The number of aliphatic hydroxyl groups is 1. The number of carbonyl (C=O) groups excluding carboxylic acids is 2. The van der Waals surface area contributed by atoms with Crippen LogP contribution in [0.1, 0.15) is 57.6 Å². The Morgan fingerprint density at radius 1 is 1.18 bits per heavy atom. The largest absolute Gasteiger partial charge is 0.453 e. The lowest BCUT2D eigenvalue weighted by atomic mass is 9.87. The van der Waals surface area contributed by atoms with Crippen LogP contribution >= 0.6 is 11.6 Å². The molecule has 1 aliphatic heterocycles. The quantitative estimate of drug-likeness (QED) is 0.346. The van der Waals surface area contributed by atoms with Gasteiger partial charge < -0.3 is 24.4 Å². The summed E-state index contributed by atoms with van der Waals surface area (Å²) in [6, 6.07) is 2.00. The second-order valence-electron chi connectivity index (χ2n) is 11.2. The Balaban J connectivity index is 2.47. The fourth-order valence-electron chi connectivity index (χ4n) is 4.81. The first-order valence-electron chi connectivity index (χ1n) is 12.9. The first-order chi connectivity index (χ1) is 17.5. The maximum Gasteiger partial charge on any atom is 0.416 e. The van der Waals surface area contributed by atoms with Crippen LogP contribution in [0.4, 0.5) is 22.8 Å². The number of piperidine rings is 1. The number of nitrogens with zero attached hydrogens (tertiary/aromatic N) is 2. The Kier molecular flexibility index (Phi) is 11.0. The van der Waals surface area contributed by atoms with Crippen molar-refractivity contribution in [3.8, 4) is 0 Å². The summed E-state index contributed by atoms with van der Waals surface area (Å²) < 4.78 is 50.8. The summed E-state index contributed by atoms with van der Waals surface area (Å²) in [7, 11) is -0.777. The zero-order chi connectivity index (χ0) is 29.0. The normalized spacial score (nSPS) is 21.3. The molecule has 38 heavy (non-hydrogen) atoms. The molecule has 1 aromatic rings. The van der Waals surface area contributed by atoms with E-state index in [4.69, 9.17) is 21.1 Å². The standard InChI is InChI=1S/C26H40ClF3N2O5Si/c1-8-20-12-21(13-22(14-23(33)38(5,6)7)32(20)25(35)37-16(2)3)31(24(34)36-4)15-17-9-18(26(28,29)30)11-19(27)10-17/h9-11,16,20-23,33H,8,12-15H2,1-7H3/t20-,21+,22-,23?/m1/s1. The molecule has 4 atom stereocenters. The molecule has 1 saturated heterocycles. The van der Waals surface area contributed by atoms with Gasteiger partial charge in [0.25, 0.3) is 0 Å². The number of benzene rings is 1. The van der Waals surface area contributed by atoms with Gasteiger partial charge in [0, 0.05) is 35.4 Å². The number of aliphatic hydroxyl groups excluding tert-OH is 1. The van der Waals surface area contributed by atoms with Crippen LogP contribution in [0.2, 0.25) is 24.7 Å². The first kappa shape index (κ1) is 32.2. The molecule has 1 heterocycles. The minimum atomic E-state index is -4.59. The average molecular weight is 581 g/mol. The van der Waals surface area contributed by atoms with Crippen LogP contribution in [0.3, 0.4) is 0 Å². The SMILES string of the molecule is CC[C@@H]1C[C@H](N(Cc2cc(Cl)cc(C(F)(F)F)c2)C(=O)OC)C[C@H](CC(O)[Si](C)(C)C)N1C(=O)OC(C)C. The van der Waals surface area contributed by atoms with Gasteiger partial charge in [-0.15, -0.1) is 0 Å². The molecule has 1 aliphatic rings. The van der Waals surface area contributed by atoms with Crippen molar-refractivity contribution in [1.29, 1.82) is 0 Å². The molecule has 2 rings (SSSR count). The monoisotopic (exact) mass is 580 g/mol. The van der Waals surface area contributed by atoms with Crippen molar-refractivity contribution < 1.29 is 37.3 Å². The van der Waals surface area contributed by atoms with E-state index in [2.05, 4.69) is 0 Å². The predicted molar refractivity (Wildman–Crippen MR) is 143 cm³/mol. The van der Waals surface area contributed by atoms with Gasteiger partial charge in [0.15, 0.2) is 0 Å². The smallest absolute Gasteiger partial charge is 0.416 e. The molecule has 0 spiro atoms. The molecule has 7 nitrogen and oxygen atoms in total. The molecule has 1 fully saturated rings. The van der Waals surface area contributed by atoms with E-state index >= 15 is 0 Å². The molecule has 0 aromatic heterocycles. The summed E-state index contributed by atoms with van der Waals surface area (Å²) in [5.41, 5.74) is -1.31. The van der Waals surface area contributed by atoms with E-state index in [0.29, 0.717) is 25.7 Å². The van der Waals surface area contributed by atoms with E-state index in [9.17, 15) is 27.9 Å². The zero-order valence-electron chi connectivity index (χ0n) is 23.1. The third-order valence-electron chi connectivity index (χ3n) is 6.88. The highest BCUT2D eigenvalue weighted by Gasteiger charge is 2.44. The lowest BCUT2D eigenvalue weighted by molar-refractivity contribution is -0.137. The molecule has 0 bridgehead atoms. The van der Waals surface area contributed by atoms with Crippen LogP contribution in [0.25, 0.3) is 0 Å². The summed E-state index contributed by atoms with van der Waals surface area (Å²) in [6.07, 6.45) is -4.54. The first-order valence-corrected chi connectivity index (χ1v) is 16.8. The summed E-state index contributed by atoms with van der Waals surface area (Å²) in [5, 5.41) is 10.9.